The molecule has 190 valence electrons. The van der Waals surface area contributed by atoms with Crippen LogP contribution in [0.2, 0.25) is 0 Å². The van der Waals surface area contributed by atoms with Crippen LogP contribution in [0.1, 0.15) is 79.1 Å². The fraction of sp³-hybridized carbons (Fsp3) is 0.690. The van der Waals surface area contributed by atoms with Gasteiger partial charge in [-0.3, -0.25) is 4.79 Å². The highest BCUT2D eigenvalue weighted by Crippen LogP contribution is 2.59. The lowest BCUT2D eigenvalue weighted by Crippen LogP contribution is -2.37. The third kappa shape index (κ3) is 5.75. The van der Waals surface area contributed by atoms with Crippen LogP contribution in [0.25, 0.3) is 0 Å². The topological polar surface area (TPSA) is 87.0 Å². The lowest BCUT2D eigenvalue weighted by Gasteiger charge is -2.42. The molecule has 3 fully saturated rings. The van der Waals surface area contributed by atoms with Crippen LogP contribution in [0, 0.1) is 22.7 Å². The fourth-order valence-electron chi connectivity index (χ4n) is 6.39. The molecule has 3 saturated carbocycles. The first kappa shape index (κ1) is 26.9. The molecule has 6 atom stereocenters. The maximum atomic E-state index is 12.2. The Kier molecular flexibility index (Phi) is 8.65. The van der Waals surface area contributed by atoms with Crippen molar-refractivity contribution in [1.29, 1.82) is 0 Å². The number of aliphatic hydroxyl groups is 3. The van der Waals surface area contributed by atoms with Gasteiger partial charge in [0.15, 0.2) is 0 Å². The van der Waals surface area contributed by atoms with Gasteiger partial charge in [-0.25, -0.2) is 0 Å². The molecule has 0 spiro atoms. The van der Waals surface area contributed by atoms with E-state index in [-0.39, 0.29) is 5.41 Å². The van der Waals surface area contributed by atoms with Crippen LogP contribution in [0.5, 0.6) is 0 Å². The molecule has 0 amide bonds. The van der Waals surface area contributed by atoms with Crippen molar-refractivity contribution < 1.29 is 24.9 Å². The molecule has 0 aromatic heterocycles. The van der Waals surface area contributed by atoms with Crippen molar-refractivity contribution in [3.05, 3.63) is 47.6 Å². The van der Waals surface area contributed by atoms with Gasteiger partial charge in [-0.2, -0.15) is 0 Å². The molecule has 5 heteroatoms. The monoisotopic (exact) mass is 472 g/mol. The van der Waals surface area contributed by atoms with Crippen LogP contribution in [-0.2, 0) is 9.53 Å². The average molecular weight is 473 g/mol. The van der Waals surface area contributed by atoms with Crippen LogP contribution >= 0.6 is 0 Å². The molecule has 0 radical (unpaired) electrons. The molecule has 0 heterocycles. The third-order valence-corrected chi connectivity index (χ3v) is 8.52. The fourth-order valence-corrected chi connectivity index (χ4v) is 6.39. The summed E-state index contributed by atoms with van der Waals surface area (Å²) in [5.74, 6) is 0.425. The first-order valence-corrected chi connectivity index (χ1v) is 13.0. The number of fused-ring (bicyclic) bond motifs is 1. The minimum absolute atomic E-state index is 0.122. The minimum atomic E-state index is -1.01. The molecule has 0 saturated heterocycles. The predicted octanol–water partition coefficient (Wildman–Crippen LogP) is 5.02. The highest BCUT2D eigenvalue weighted by Gasteiger charge is 2.49. The molecule has 5 nitrogen and oxygen atoms in total. The smallest absolute Gasteiger partial charge is 0.314 e. The Bertz CT molecular complexity index is 839. The molecule has 3 N–H and O–H groups in total. The maximum Gasteiger partial charge on any atom is 0.314 e. The zero-order valence-electron chi connectivity index (χ0n) is 21.4. The zero-order valence-corrected chi connectivity index (χ0v) is 21.4. The first-order chi connectivity index (χ1) is 16.0. The van der Waals surface area contributed by atoms with E-state index in [4.69, 9.17) is 4.74 Å². The van der Waals surface area contributed by atoms with Crippen molar-refractivity contribution in [2.45, 2.75) is 97.4 Å². The second-order valence-electron chi connectivity index (χ2n) is 11.4. The average Bonchev–Trinajstić information content (AvgIpc) is 3.12. The summed E-state index contributed by atoms with van der Waals surface area (Å²) in [7, 11) is 0. The summed E-state index contributed by atoms with van der Waals surface area (Å²) in [6.45, 7) is 12.2. The summed E-state index contributed by atoms with van der Waals surface area (Å²) in [6.07, 6.45) is 13.5. The molecule has 3 rings (SSSR count). The standard InChI is InChI=1S/C29H44O5/c1-6-34-27(33)28(3,4)26(32)14-9-19(2)24-12-13-25-21(8-7-15-29(24,25)5)11-10-20-16-22(30)18-23(31)17-20/h9-11,14,22-26,30-32H,2,6-8,12-13,15-18H2,1,3-5H3/t22-,23-,24-,25+,26-,29-/m1/s1. The van der Waals surface area contributed by atoms with Gasteiger partial charge in [0, 0.05) is 0 Å². The summed E-state index contributed by atoms with van der Waals surface area (Å²) >= 11 is 0. The van der Waals surface area contributed by atoms with E-state index in [1.807, 2.05) is 6.08 Å². The van der Waals surface area contributed by atoms with Gasteiger partial charge in [0.2, 0.25) is 0 Å². The molecule has 0 aromatic rings. The van der Waals surface area contributed by atoms with Crippen LogP contribution in [-0.4, -0.2) is 46.2 Å². The number of ether oxygens (including phenoxy) is 1. The van der Waals surface area contributed by atoms with Crippen LogP contribution in [0.4, 0.5) is 0 Å². The molecule has 0 unspecified atom stereocenters. The largest absolute Gasteiger partial charge is 0.465 e. The summed E-state index contributed by atoms with van der Waals surface area (Å²) < 4.78 is 5.12. The second kappa shape index (κ2) is 10.9. The van der Waals surface area contributed by atoms with Crippen molar-refractivity contribution in [1.82, 2.24) is 0 Å². The normalized spacial score (nSPS) is 34.2. The van der Waals surface area contributed by atoms with E-state index < -0.39 is 29.7 Å². The Balaban J connectivity index is 1.71. The summed E-state index contributed by atoms with van der Waals surface area (Å²) in [6, 6.07) is 0. The van der Waals surface area contributed by atoms with E-state index >= 15 is 0 Å². The SMILES string of the molecule is C=C(C=C[C@@H](O)C(C)(C)C(=O)OCC)[C@H]1CC[C@H]2C(=CC=C3C[C@@H](O)C[C@H](O)C3)CCC[C@]12C. The Morgan fingerprint density at radius 2 is 1.91 bits per heavy atom. The Hall–Kier alpha value is -1.69. The molecule has 34 heavy (non-hydrogen) atoms. The molecule has 0 aromatic carbocycles. The first-order valence-electron chi connectivity index (χ1n) is 13.0. The van der Waals surface area contributed by atoms with Crippen molar-refractivity contribution in [3.63, 3.8) is 0 Å². The molecular formula is C29H44O5. The minimum Gasteiger partial charge on any atom is -0.465 e. The quantitative estimate of drug-likeness (QED) is 0.358. The van der Waals surface area contributed by atoms with Crippen LogP contribution in [0.15, 0.2) is 47.6 Å². The number of rotatable bonds is 7. The summed E-state index contributed by atoms with van der Waals surface area (Å²) in [4.78, 5) is 12.2. The number of hydrogen-bond donors (Lipinski definition) is 3. The van der Waals surface area contributed by atoms with E-state index in [2.05, 4.69) is 25.7 Å². The summed E-state index contributed by atoms with van der Waals surface area (Å²) in [5, 5.41) is 30.6. The van der Waals surface area contributed by atoms with Gasteiger partial charge in [0.25, 0.3) is 0 Å². The van der Waals surface area contributed by atoms with Gasteiger partial charge in [-0.05, 0) is 89.4 Å². The van der Waals surface area contributed by atoms with Gasteiger partial charge >= 0.3 is 5.97 Å². The van der Waals surface area contributed by atoms with E-state index in [1.54, 1.807) is 26.8 Å². The highest BCUT2D eigenvalue weighted by molar-refractivity contribution is 5.77. The van der Waals surface area contributed by atoms with E-state index in [9.17, 15) is 20.1 Å². The molecule has 0 aliphatic heterocycles. The Labute approximate surface area is 205 Å². The van der Waals surface area contributed by atoms with E-state index in [0.717, 1.165) is 43.3 Å². The number of carbonyl (C=O) groups is 1. The van der Waals surface area contributed by atoms with Crippen molar-refractivity contribution in [2.24, 2.45) is 22.7 Å². The molecular weight excluding hydrogens is 428 g/mol. The molecule has 0 bridgehead atoms. The number of allylic oxidation sites excluding steroid dienone is 5. The van der Waals surface area contributed by atoms with E-state index in [1.165, 1.54) is 5.57 Å². The van der Waals surface area contributed by atoms with Crippen LogP contribution < -0.4 is 0 Å². The van der Waals surface area contributed by atoms with Crippen molar-refractivity contribution in [3.8, 4) is 0 Å². The van der Waals surface area contributed by atoms with Crippen molar-refractivity contribution in [2.75, 3.05) is 6.61 Å². The Morgan fingerprint density at radius 3 is 2.56 bits per heavy atom. The maximum absolute atomic E-state index is 12.2. The lowest BCUT2D eigenvalue weighted by molar-refractivity contribution is -0.158. The zero-order chi connectivity index (χ0) is 25.1. The van der Waals surface area contributed by atoms with Gasteiger partial charge in [-0.15, -0.1) is 0 Å². The van der Waals surface area contributed by atoms with Gasteiger partial charge in [0.1, 0.15) is 0 Å². The van der Waals surface area contributed by atoms with Gasteiger partial charge in [-0.1, -0.05) is 54.5 Å². The lowest BCUT2D eigenvalue weighted by atomic mass is 9.62. The summed E-state index contributed by atoms with van der Waals surface area (Å²) in [5.41, 5.74) is 2.73. The number of carbonyl (C=O) groups excluding carboxylic acids is 1. The Morgan fingerprint density at radius 1 is 1.24 bits per heavy atom. The number of esters is 1. The third-order valence-electron chi connectivity index (χ3n) is 8.52. The van der Waals surface area contributed by atoms with Crippen LogP contribution in [0.3, 0.4) is 0 Å². The highest BCUT2D eigenvalue weighted by atomic mass is 16.5. The number of aliphatic hydroxyl groups excluding tert-OH is 3. The number of hydrogen-bond acceptors (Lipinski definition) is 5. The van der Waals surface area contributed by atoms with Gasteiger partial charge in [0.05, 0.1) is 30.3 Å². The van der Waals surface area contributed by atoms with Crippen molar-refractivity contribution >= 4 is 5.97 Å². The molecule has 3 aliphatic rings. The van der Waals surface area contributed by atoms with Gasteiger partial charge < -0.3 is 20.1 Å². The second-order valence-corrected chi connectivity index (χ2v) is 11.4. The molecule has 3 aliphatic carbocycles. The van der Waals surface area contributed by atoms with E-state index in [0.29, 0.717) is 37.7 Å². The predicted molar refractivity (Wildman–Crippen MR) is 135 cm³/mol.